The smallest absolute Gasteiger partial charge is 0.331 e. The van der Waals surface area contributed by atoms with Crippen LogP contribution in [-0.2, 0) is 33.3 Å². The maximum Gasteiger partial charge on any atom is 0.331 e. The van der Waals surface area contributed by atoms with Crippen molar-refractivity contribution in [2.45, 2.75) is 78.2 Å². The molecular weight excluding hydrogens is 524 g/mol. The monoisotopic (exact) mass is 564 g/mol. The average molecular weight is 565 g/mol. The quantitative estimate of drug-likeness (QED) is 0.142. The molecule has 3 aliphatic rings. The fraction of sp³-hybridized carbons (Fsp3) is 0.485. The molecule has 1 saturated carbocycles. The molecule has 8 nitrogen and oxygen atoms in total. The average Bonchev–Trinajstić information content (AvgIpc) is 3.21. The minimum absolute atomic E-state index is 0.0465. The Balaban J connectivity index is 1.79. The minimum Gasteiger partial charge on any atom is -0.455 e. The molecule has 1 saturated heterocycles. The number of allylic oxidation sites excluding steroid dienone is 2. The standard InChI is InChI=1S/C33H40O8/c1-7-20(2)15-16-32(6)21(3)17-28(36)33-26(30(38-22(4)34)41-31(33)39-23(5)35)18-25(19-27(32)33)40-29(37)14-13-24-11-9-8-10-12-24/h7-14,18,21,25,27-28,30-31,36H,1-2,15-17,19H2,3-6H3/b14-13+/t21-,25?,27-,28?,30?,31?,32+,33-/m0/s1. The SMILES string of the molecule is C=CC(=C)CC[C@@]1(C)[C@@H]2CC(OC(=O)/C=C/c3ccccc3)C=C3C(OC(C)=O)OC(OC(C)=O)[C@@]32C(O)C[C@@H]1C. The topological polar surface area (TPSA) is 108 Å². The summed E-state index contributed by atoms with van der Waals surface area (Å²) in [4.78, 5) is 37.3. The Morgan fingerprint density at radius 3 is 2.41 bits per heavy atom. The van der Waals surface area contributed by atoms with Crippen LogP contribution in [0.3, 0.4) is 0 Å². The lowest BCUT2D eigenvalue weighted by molar-refractivity contribution is -0.254. The van der Waals surface area contributed by atoms with Crippen LogP contribution in [0, 0.1) is 22.7 Å². The van der Waals surface area contributed by atoms with E-state index in [1.807, 2.05) is 30.3 Å². The molecule has 0 bridgehead atoms. The number of carbonyl (C=O) groups is 3. The molecule has 1 N–H and O–H groups in total. The predicted octanol–water partition coefficient (Wildman–Crippen LogP) is 5.28. The summed E-state index contributed by atoms with van der Waals surface area (Å²) < 4.78 is 23.3. The number of hydrogen-bond donors (Lipinski definition) is 1. The van der Waals surface area contributed by atoms with Crippen LogP contribution in [0.1, 0.15) is 58.9 Å². The second kappa shape index (κ2) is 12.2. The molecule has 1 spiro atoms. The highest BCUT2D eigenvalue weighted by Crippen LogP contribution is 2.67. The summed E-state index contributed by atoms with van der Waals surface area (Å²) in [5, 5.41) is 11.8. The third kappa shape index (κ3) is 5.95. The van der Waals surface area contributed by atoms with Gasteiger partial charge in [-0.15, -0.1) is 0 Å². The first-order valence-electron chi connectivity index (χ1n) is 14.1. The van der Waals surface area contributed by atoms with Gasteiger partial charge in [0.1, 0.15) is 6.10 Å². The lowest BCUT2D eigenvalue weighted by Crippen LogP contribution is -2.63. The summed E-state index contributed by atoms with van der Waals surface area (Å²) in [5.41, 5.74) is 0.561. The molecule has 8 heteroatoms. The first-order valence-corrected chi connectivity index (χ1v) is 14.1. The van der Waals surface area contributed by atoms with Gasteiger partial charge in [0.05, 0.1) is 11.5 Å². The van der Waals surface area contributed by atoms with E-state index in [-0.39, 0.29) is 11.8 Å². The molecule has 8 atom stereocenters. The highest BCUT2D eigenvalue weighted by atomic mass is 16.8. The zero-order chi connectivity index (χ0) is 29.9. The summed E-state index contributed by atoms with van der Waals surface area (Å²) in [7, 11) is 0. The molecule has 1 aromatic carbocycles. The van der Waals surface area contributed by atoms with E-state index in [9.17, 15) is 19.5 Å². The first kappa shape index (κ1) is 30.5. The number of aliphatic hydroxyl groups excluding tert-OH is 1. The van der Waals surface area contributed by atoms with Gasteiger partial charge in [0.2, 0.25) is 12.6 Å². The van der Waals surface area contributed by atoms with E-state index in [1.54, 1.807) is 18.2 Å². The third-order valence-corrected chi connectivity index (χ3v) is 9.15. The number of ether oxygens (including phenoxy) is 4. The van der Waals surface area contributed by atoms with Gasteiger partial charge in [-0.2, -0.15) is 0 Å². The van der Waals surface area contributed by atoms with Gasteiger partial charge in [0.15, 0.2) is 0 Å². The maximum atomic E-state index is 13.0. The largest absolute Gasteiger partial charge is 0.455 e. The molecule has 4 unspecified atom stereocenters. The van der Waals surface area contributed by atoms with Gasteiger partial charge in [-0.3, -0.25) is 14.3 Å². The van der Waals surface area contributed by atoms with Crippen LogP contribution in [0.5, 0.6) is 0 Å². The number of hydrogen-bond acceptors (Lipinski definition) is 8. The summed E-state index contributed by atoms with van der Waals surface area (Å²) >= 11 is 0. The number of aliphatic hydroxyl groups is 1. The summed E-state index contributed by atoms with van der Waals surface area (Å²) in [5.74, 6) is -2.04. The molecule has 1 heterocycles. The Morgan fingerprint density at radius 1 is 1.10 bits per heavy atom. The Hall–Kier alpha value is -3.49. The zero-order valence-electron chi connectivity index (χ0n) is 24.2. The van der Waals surface area contributed by atoms with Crippen LogP contribution in [0.4, 0.5) is 0 Å². The summed E-state index contributed by atoms with van der Waals surface area (Å²) in [6.07, 6.45) is 4.53. The Bertz CT molecular complexity index is 1250. The third-order valence-electron chi connectivity index (χ3n) is 9.15. The van der Waals surface area contributed by atoms with Crippen LogP contribution < -0.4 is 0 Å². The molecule has 2 aliphatic carbocycles. The zero-order valence-corrected chi connectivity index (χ0v) is 24.2. The van der Waals surface area contributed by atoms with Crippen molar-refractivity contribution in [2.24, 2.45) is 22.7 Å². The van der Waals surface area contributed by atoms with Gasteiger partial charge in [0, 0.05) is 25.5 Å². The van der Waals surface area contributed by atoms with Crippen LogP contribution in [0.25, 0.3) is 6.08 Å². The normalized spacial score (nSPS) is 34.1. The maximum absolute atomic E-state index is 13.0. The van der Waals surface area contributed by atoms with Crippen molar-refractivity contribution < 1.29 is 38.4 Å². The van der Waals surface area contributed by atoms with Gasteiger partial charge in [-0.05, 0) is 60.6 Å². The Labute approximate surface area is 241 Å². The van der Waals surface area contributed by atoms with Crippen molar-refractivity contribution in [1.29, 1.82) is 0 Å². The van der Waals surface area contributed by atoms with Crippen molar-refractivity contribution in [3.8, 4) is 0 Å². The van der Waals surface area contributed by atoms with E-state index in [0.29, 0.717) is 31.3 Å². The number of benzene rings is 1. The lowest BCUT2D eigenvalue weighted by Gasteiger charge is -2.60. The number of rotatable bonds is 9. The van der Waals surface area contributed by atoms with Crippen LogP contribution in [0.2, 0.25) is 0 Å². The Morgan fingerprint density at radius 2 is 1.78 bits per heavy atom. The van der Waals surface area contributed by atoms with E-state index < -0.39 is 53.5 Å². The lowest BCUT2D eigenvalue weighted by atomic mass is 9.45. The van der Waals surface area contributed by atoms with Crippen molar-refractivity contribution in [3.05, 3.63) is 78.4 Å². The molecule has 0 amide bonds. The van der Waals surface area contributed by atoms with E-state index >= 15 is 0 Å². The number of carbonyl (C=O) groups excluding carboxylic acids is 3. The Kier molecular flexibility index (Phi) is 9.04. The molecule has 41 heavy (non-hydrogen) atoms. The summed E-state index contributed by atoms with van der Waals surface area (Å²) in [6, 6.07) is 9.40. The van der Waals surface area contributed by atoms with Crippen molar-refractivity contribution >= 4 is 24.0 Å². The highest BCUT2D eigenvalue weighted by molar-refractivity contribution is 5.87. The second-order valence-electron chi connectivity index (χ2n) is 11.6. The van der Waals surface area contributed by atoms with Crippen molar-refractivity contribution in [2.75, 3.05) is 0 Å². The summed E-state index contributed by atoms with van der Waals surface area (Å²) in [6.45, 7) is 14.7. The first-order chi connectivity index (χ1) is 19.4. The molecule has 1 aliphatic heterocycles. The van der Waals surface area contributed by atoms with E-state index in [4.69, 9.17) is 18.9 Å². The van der Waals surface area contributed by atoms with Crippen molar-refractivity contribution in [3.63, 3.8) is 0 Å². The van der Waals surface area contributed by atoms with Gasteiger partial charge in [0.25, 0.3) is 0 Å². The van der Waals surface area contributed by atoms with Crippen molar-refractivity contribution in [1.82, 2.24) is 0 Å². The van der Waals surface area contributed by atoms with E-state index in [0.717, 1.165) is 11.1 Å². The van der Waals surface area contributed by atoms with Crippen LogP contribution >= 0.6 is 0 Å². The predicted molar refractivity (Wildman–Crippen MR) is 153 cm³/mol. The van der Waals surface area contributed by atoms with Gasteiger partial charge in [-0.1, -0.05) is 69.0 Å². The molecule has 0 aromatic heterocycles. The van der Waals surface area contributed by atoms with Gasteiger partial charge in [-0.25, -0.2) is 4.79 Å². The van der Waals surface area contributed by atoms with Gasteiger partial charge < -0.3 is 19.3 Å². The van der Waals surface area contributed by atoms with Gasteiger partial charge >= 0.3 is 17.9 Å². The molecule has 4 rings (SSSR count). The van der Waals surface area contributed by atoms with E-state index in [1.165, 1.54) is 19.9 Å². The van der Waals surface area contributed by atoms with Crippen LogP contribution in [-0.4, -0.2) is 47.8 Å². The second-order valence-corrected chi connectivity index (χ2v) is 11.6. The minimum atomic E-state index is -1.21. The molecule has 1 aromatic rings. The fourth-order valence-corrected chi connectivity index (χ4v) is 6.93. The highest BCUT2D eigenvalue weighted by Gasteiger charge is 2.71. The molecule has 2 fully saturated rings. The molecule has 0 radical (unpaired) electrons. The van der Waals surface area contributed by atoms with E-state index in [2.05, 4.69) is 27.0 Å². The fourth-order valence-electron chi connectivity index (χ4n) is 6.93. The van der Waals surface area contributed by atoms with Crippen LogP contribution in [0.15, 0.2) is 72.9 Å². The molecular formula is C33H40O8. The molecule has 220 valence electrons. The number of esters is 3.